The number of ether oxygens (including phenoxy) is 1. The number of halogens is 1. The van der Waals surface area contributed by atoms with Crippen LogP contribution < -0.4 is 4.74 Å². The molecule has 0 spiro atoms. The van der Waals surface area contributed by atoms with Crippen molar-refractivity contribution in [3.8, 4) is 11.7 Å². The molecular weight excluding hydrogens is 333 g/mol. The van der Waals surface area contributed by atoms with Crippen molar-refractivity contribution in [2.24, 2.45) is 0 Å². The van der Waals surface area contributed by atoms with E-state index < -0.39 is 5.82 Å². The Morgan fingerprint density at radius 3 is 2.46 bits per heavy atom. The Morgan fingerprint density at radius 1 is 1.04 bits per heavy atom. The highest BCUT2D eigenvalue weighted by atomic mass is 19.1. The summed E-state index contributed by atoms with van der Waals surface area (Å²) in [6, 6.07) is 14.4. The predicted molar refractivity (Wildman–Crippen MR) is 95.2 cm³/mol. The van der Waals surface area contributed by atoms with Crippen molar-refractivity contribution in [1.82, 2.24) is 14.5 Å². The van der Waals surface area contributed by atoms with Gasteiger partial charge in [0, 0.05) is 23.3 Å². The minimum atomic E-state index is -0.391. The molecule has 0 aliphatic rings. The first-order valence-corrected chi connectivity index (χ1v) is 7.94. The van der Waals surface area contributed by atoms with Gasteiger partial charge in [0.05, 0.1) is 18.3 Å². The Bertz CT molecular complexity index is 1090. The first-order chi connectivity index (χ1) is 12.7. The molecule has 0 amide bonds. The molecule has 0 unspecified atom stereocenters. The Balaban J connectivity index is 1.95. The third kappa shape index (κ3) is 2.71. The van der Waals surface area contributed by atoms with E-state index in [9.17, 15) is 9.18 Å². The number of carbonyl (C=O) groups is 1. The van der Waals surface area contributed by atoms with E-state index in [1.54, 1.807) is 36.2 Å². The lowest BCUT2D eigenvalue weighted by atomic mass is 10.1. The second kappa shape index (κ2) is 6.40. The van der Waals surface area contributed by atoms with E-state index in [0.29, 0.717) is 23.0 Å². The zero-order valence-corrected chi connectivity index (χ0v) is 13.9. The molecule has 0 N–H and O–H groups in total. The van der Waals surface area contributed by atoms with Gasteiger partial charge in [-0.25, -0.2) is 14.4 Å². The Morgan fingerprint density at radius 2 is 1.77 bits per heavy atom. The van der Waals surface area contributed by atoms with E-state index in [-0.39, 0.29) is 5.78 Å². The highest BCUT2D eigenvalue weighted by molar-refractivity contribution is 6.11. The first kappa shape index (κ1) is 16.0. The summed E-state index contributed by atoms with van der Waals surface area (Å²) in [7, 11) is 1.59. The fourth-order valence-corrected chi connectivity index (χ4v) is 2.86. The monoisotopic (exact) mass is 347 g/mol. The number of fused-ring (bicyclic) bond motifs is 1. The van der Waals surface area contributed by atoms with Crippen molar-refractivity contribution in [3.05, 3.63) is 84.1 Å². The van der Waals surface area contributed by atoms with E-state index in [2.05, 4.69) is 9.97 Å². The summed E-state index contributed by atoms with van der Waals surface area (Å²) < 4.78 is 20.2. The van der Waals surface area contributed by atoms with Gasteiger partial charge in [-0.3, -0.25) is 9.36 Å². The van der Waals surface area contributed by atoms with Crippen LogP contribution in [0.1, 0.15) is 16.1 Å². The van der Waals surface area contributed by atoms with Crippen molar-refractivity contribution < 1.29 is 13.9 Å². The summed E-state index contributed by atoms with van der Waals surface area (Å²) >= 11 is 0. The smallest absolute Gasteiger partial charge is 0.234 e. The minimum Gasteiger partial charge on any atom is -0.497 e. The molecule has 0 aliphatic carbocycles. The number of methoxy groups -OCH3 is 1. The highest BCUT2D eigenvalue weighted by Crippen LogP contribution is 2.28. The van der Waals surface area contributed by atoms with Crippen LogP contribution in [0.3, 0.4) is 0 Å². The molecule has 5 nitrogen and oxygen atoms in total. The van der Waals surface area contributed by atoms with Crippen molar-refractivity contribution in [2.45, 2.75) is 0 Å². The Kier molecular flexibility index (Phi) is 3.93. The number of hydrogen-bond donors (Lipinski definition) is 0. The van der Waals surface area contributed by atoms with Crippen molar-refractivity contribution >= 4 is 16.7 Å². The van der Waals surface area contributed by atoms with Gasteiger partial charge in [-0.1, -0.05) is 0 Å². The number of hydrogen-bond acceptors (Lipinski definition) is 4. The van der Waals surface area contributed by atoms with Gasteiger partial charge in [-0.05, 0) is 54.6 Å². The zero-order chi connectivity index (χ0) is 18.1. The summed E-state index contributed by atoms with van der Waals surface area (Å²) in [6.07, 6.45) is 3.23. The van der Waals surface area contributed by atoms with Crippen LogP contribution in [-0.4, -0.2) is 27.4 Å². The number of nitrogens with zero attached hydrogens (tertiary/aromatic N) is 3. The van der Waals surface area contributed by atoms with E-state index >= 15 is 0 Å². The maximum Gasteiger partial charge on any atom is 0.234 e. The van der Waals surface area contributed by atoms with Gasteiger partial charge in [0.1, 0.15) is 11.6 Å². The van der Waals surface area contributed by atoms with Crippen LogP contribution in [0.4, 0.5) is 4.39 Å². The lowest BCUT2D eigenvalue weighted by Crippen LogP contribution is -2.11. The molecule has 0 saturated carbocycles. The normalized spacial score (nSPS) is 10.8. The maximum atomic E-state index is 13.2. The van der Waals surface area contributed by atoms with E-state index in [0.717, 1.165) is 10.9 Å². The van der Waals surface area contributed by atoms with Crippen LogP contribution in [0.15, 0.2) is 67.0 Å². The fourth-order valence-electron chi connectivity index (χ4n) is 2.86. The second-order valence-corrected chi connectivity index (χ2v) is 5.67. The largest absolute Gasteiger partial charge is 0.497 e. The SMILES string of the molecule is COc1ccc2c(c1)cc(C(=O)c1ccc(F)cc1)n2-c1ncccn1. The van der Waals surface area contributed by atoms with Crippen LogP contribution in [0.5, 0.6) is 5.75 Å². The highest BCUT2D eigenvalue weighted by Gasteiger charge is 2.20. The van der Waals surface area contributed by atoms with Crippen LogP contribution in [0.2, 0.25) is 0 Å². The topological polar surface area (TPSA) is 57.0 Å². The van der Waals surface area contributed by atoms with Gasteiger partial charge in [-0.15, -0.1) is 0 Å². The fraction of sp³-hybridized carbons (Fsp3) is 0.0500. The van der Waals surface area contributed by atoms with Gasteiger partial charge in [0.15, 0.2) is 0 Å². The van der Waals surface area contributed by atoms with Crippen molar-refractivity contribution in [3.63, 3.8) is 0 Å². The molecule has 2 heterocycles. The molecule has 0 atom stereocenters. The molecule has 6 heteroatoms. The number of benzene rings is 2. The molecule has 0 bridgehead atoms. The molecule has 0 aliphatic heterocycles. The average Bonchev–Trinajstić information content (AvgIpc) is 3.07. The quantitative estimate of drug-likeness (QED) is 0.527. The lowest BCUT2D eigenvalue weighted by Gasteiger charge is -2.08. The molecule has 0 radical (unpaired) electrons. The van der Waals surface area contributed by atoms with Crippen LogP contribution >= 0.6 is 0 Å². The van der Waals surface area contributed by atoms with Crippen molar-refractivity contribution in [1.29, 1.82) is 0 Å². The molecule has 2 aromatic heterocycles. The molecule has 4 rings (SSSR count). The van der Waals surface area contributed by atoms with Crippen LogP contribution in [0.25, 0.3) is 16.9 Å². The average molecular weight is 347 g/mol. The molecule has 0 fully saturated rings. The molecule has 4 aromatic rings. The number of ketones is 1. The van der Waals surface area contributed by atoms with Gasteiger partial charge in [0.2, 0.25) is 11.7 Å². The van der Waals surface area contributed by atoms with Crippen molar-refractivity contribution in [2.75, 3.05) is 7.11 Å². The molecule has 2 aromatic carbocycles. The molecular formula is C20H14FN3O2. The first-order valence-electron chi connectivity index (χ1n) is 7.94. The third-order valence-corrected chi connectivity index (χ3v) is 4.10. The summed E-state index contributed by atoms with van der Waals surface area (Å²) in [6.45, 7) is 0. The maximum absolute atomic E-state index is 13.2. The third-order valence-electron chi connectivity index (χ3n) is 4.10. The van der Waals surface area contributed by atoms with Crippen LogP contribution in [-0.2, 0) is 0 Å². The molecule has 0 saturated heterocycles. The predicted octanol–water partition coefficient (Wildman–Crippen LogP) is 3.80. The van der Waals surface area contributed by atoms with Crippen LogP contribution in [0, 0.1) is 5.82 Å². The number of aromatic nitrogens is 3. The summed E-state index contributed by atoms with van der Waals surface area (Å²) in [5, 5.41) is 0.822. The lowest BCUT2D eigenvalue weighted by molar-refractivity contribution is 0.103. The summed E-state index contributed by atoms with van der Waals surface area (Å²) in [4.78, 5) is 21.6. The summed E-state index contributed by atoms with van der Waals surface area (Å²) in [5.74, 6) is 0.438. The summed E-state index contributed by atoms with van der Waals surface area (Å²) in [5.41, 5.74) is 1.56. The number of rotatable bonds is 4. The van der Waals surface area contributed by atoms with Gasteiger partial charge in [0.25, 0.3) is 0 Å². The molecule has 128 valence electrons. The second-order valence-electron chi connectivity index (χ2n) is 5.67. The minimum absolute atomic E-state index is 0.243. The molecule has 26 heavy (non-hydrogen) atoms. The Hall–Kier alpha value is -3.54. The van der Waals surface area contributed by atoms with E-state index in [4.69, 9.17) is 4.74 Å². The van der Waals surface area contributed by atoms with E-state index in [1.165, 1.54) is 24.3 Å². The standard InChI is InChI=1S/C20H14FN3O2/c1-26-16-7-8-17-14(11-16)12-18(24(17)20-22-9-2-10-23-20)19(25)13-3-5-15(21)6-4-13/h2-12H,1H3. The zero-order valence-electron chi connectivity index (χ0n) is 13.9. The van der Waals surface area contributed by atoms with Gasteiger partial charge in [-0.2, -0.15) is 0 Å². The number of carbonyl (C=O) groups excluding carboxylic acids is 1. The van der Waals surface area contributed by atoms with Gasteiger partial charge >= 0.3 is 0 Å². The Labute approximate surface area is 148 Å². The van der Waals surface area contributed by atoms with Gasteiger partial charge < -0.3 is 4.74 Å². The van der Waals surface area contributed by atoms with E-state index in [1.807, 2.05) is 18.2 Å².